The molecule has 0 saturated heterocycles. The summed E-state index contributed by atoms with van der Waals surface area (Å²) < 4.78 is 9.87. The number of hydrogen-bond donors (Lipinski definition) is 0. The van der Waals surface area contributed by atoms with Crippen LogP contribution in [0.1, 0.15) is 24.8 Å². The molecule has 0 aliphatic heterocycles. The van der Waals surface area contributed by atoms with E-state index in [9.17, 15) is 9.59 Å². The van der Waals surface area contributed by atoms with Gasteiger partial charge in [0.15, 0.2) is 0 Å². The molecule has 0 spiro atoms. The first kappa shape index (κ1) is 15.9. The van der Waals surface area contributed by atoms with Crippen LogP contribution >= 0.6 is 0 Å². The van der Waals surface area contributed by atoms with Crippen LogP contribution in [0.25, 0.3) is 0 Å². The number of carbonyl (C=O) groups is 2. The van der Waals surface area contributed by atoms with Gasteiger partial charge in [-0.2, -0.15) is 0 Å². The van der Waals surface area contributed by atoms with E-state index in [1.54, 1.807) is 0 Å². The number of methoxy groups -OCH3 is 1. The lowest BCUT2D eigenvalue weighted by Gasteiger charge is -2.01. The Labute approximate surface area is 119 Å². The van der Waals surface area contributed by atoms with E-state index in [0.29, 0.717) is 19.6 Å². The summed E-state index contributed by atoms with van der Waals surface area (Å²) in [5, 5.41) is 0. The largest absolute Gasteiger partial charge is 0.469 e. The zero-order valence-electron chi connectivity index (χ0n) is 11.6. The van der Waals surface area contributed by atoms with Crippen LogP contribution < -0.4 is 0 Å². The highest BCUT2D eigenvalue weighted by Crippen LogP contribution is 2.00. The predicted molar refractivity (Wildman–Crippen MR) is 74.7 cm³/mol. The maximum Gasteiger partial charge on any atom is 0.305 e. The lowest BCUT2D eigenvalue weighted by Crippen LogP contribution is -2.03. The van der Waals surface area contributed by atoms with Gasteiger partial charge in [-0.3, -0.25) is 9.59 Å². The Bertz CT molecular complexity index is 482. The van der Waals surface area contributed by atoms with Gasteiger partial charge in [-0.05, 0) is 11.5 Å². The Morgan fingerprint density at radius 2 is 1.90 bits per heavy atom. The number of esters is 1. The van der Waals surface area contributed by atoms with E-state index in [-0.39, 0.29) is 18.6 Å². The summed E-state index contributed by atoms with van der Waals surface area (Å²) in [5.41, 5.74) is 1.11. The standard InChI is InChI=1S/C16H18O4/c1-19-16(18)11-10-15(17)9-5-6-12-20-13-14-7-3-2-4-8-14/h2-4,7-8H,6,10-13H2,1H3. The second kappa shape index (κ2) is 9.76. The van der Waals surface area contributed by atoms with Gasteiger partial charge in [0.25, 0.3) is 0 Å². The van der Waals surface area contributed by atoms with E-state index in [1.165, 1.54) is 7.11 Å². The molecule has 0 unspecified atom stereocenters. The predicted octanol–water partition coefficient (Wildman–Crippen LogP) is 2.12. The minimum Gasteiger partial charge on any atom is -0.469 e. The highest BCUT2D eigenvalue weighted by Gasteiger charge is 2.03. The van der Waals surface area contributed by atoms with Crippen LogP contribution in [0.5, 0.6) is 0 Å². The van der Waals surface area contributed by atoms with Crippen LogP contribution in [0.4, 0.5) is 0 Å². The van der Waals surface area contributed by atoms with Crippen molar-refractivity contribution in [3.8, 4) is 11.8 Å². The Kier molecular flexibility index (Phi) is 7.78. The maximum absolute atomic E-state index is 11.3. The smallest absolute Gasteiger partial charge is 0.305 e. The molecule has 0 aromatic heterocycles. The molecule has 0 amide bonds. The fraction of sp³-hybridized carbons (Fsp3) is 0.375. The fourth-order valence-corrected chi connectivity index (χ4v) is 1.43. The molecule has 0 saturated carbocycles. The van der Waals surface area contributed by atoms with Crippen LogP contribution in [-0.4, -0.2) is 25.5 Å². The quantitative estimate of drug-likeness (QED) is 0.331. The fourth-order valence-electron chi connectivity index (χ4n) is 1.43. The lowest BCUT2D eigenvalue weighted by atomic mass is 10.2. The van der Waals surface area contributed by atoms with Crippen LogP contribution in [0.3, 0.4) is 0 Å². The summed E-state index contributed by atoms with van der Waals surface area (Å²) in [7, 11) is 1.29. The first-order chi connectivity index (χ1) is 9.72. The molecule has 4 heteroatoms. The number of ketones is 1. The van der Waals surface area contributed by atoms with Crippen molar-refractivity contribution in [1.82, 2.24) is 0 Å². The van der Waals surface area contributed by atoms with E-state index >= 15 is 0 Å². The number of hydrogen-bond acceptors (Lipinski definition) is 4. The monoisotopic (exact) mass is 274 g/mol. The van der Waals surface area contributed by atoms with Crippen LogP contribution in [-0.2, 0) is 25.7 Å². The van der Waals surface area contributed by atoms with E-state index in [2.05, 4.69) is 16.6 Å². The van der Waals surface area contributed by atoms with Crippen molar-refractivity contribution in [3.05, 3.63) is 35.9 Å². The van der Waals surface area contributed by atoms with E-state index in [4.69, 9.17) is 4.74 Å². The topological polar surface area (TPSA) is 52.6 Å². The van der Waals surface area contributed by atoms with Gasteiger partial charge in [-0.25, -0.2) is 0 Å². The molecule has 0 aliphatic carbocycles. The molecule has 0 aliphatic rings. The molecule has 0 atom stereocenters. The highest BCUT2D eigenvalue weighted by atomic mass is 16.5. The molecule has 0 heterocycles. The number of Topliss-reactive ketones (excluding diaryl/α,β-unsaturated/α-hetero) is 1. The number of ether oxygens (including phenoxy) is 2. The third-order valence-electron chi connectivity index (χ3n) is 2.49. The van der Waals surface area contributed by atoms with Gasteiger partial charge < -0.3 is 9.47 Å². The summed E-state index contributed by atoms with van der Waals surface area (Å²) in [6.45, 7) is 1.02. The molecule has 0 radical (unpaired) electrons. The van der Waals surface area contributed by atoms with E-state index in [0.717, 1.165) is 5.56 Å². The zero-order chi connectivity index (χ0) is 14.6. The molecule has 0 fully saturated rings. The minimum absolute atomic E-state index is 0.0779. The Morgan fingerprint density at radius 1 is 1.15 bits per heavy atom. The molecule has 4 nitrogen and oxygen atoms in total. The third-order valence-corrected chi connectivity index (χ3v) is 2.49. The van der Waals surface area contributed by atoms with Gasteiger partial charge in [0.05, 0.1) is 26.7 Å². The molecule has 0 N–H and O–H groups in total. The SMILES string of the molecule is COC(=O)CCC(=O)C#CCCOCc1ccccc1. The van der Waals surface area contributed by atoms with Gasteiger partial charge in [0.1, 0.15) is 0 Å². The second-order valence-electron chi connectivity index (χ2n) is 4.09. The summed E-state index contributed by atoms with van der Waals surface area (Å²) in [5.74, 6) is 4.57. The molecule has 106 valence electrons. The first-order valence-corrected chi connectivity index (χ1v) is 6.42. The van der Waals surface area contributed by atoms with Crippen molar-refractivity contribution < 1.29 is 19.1 Å². The number of carbonyl (C=O) groups excluding carboxylic acids is 2. The average molecular weight is 274 g/mol. The molecule has 1 rings (SSSR count). The molecular weight excluding hydrogens is 256 g/mol. The molecule has 0 bridgehead atoms. The maximum atomic E-state index is 11.3. The molecule has 1 aromatic rings. The first-order valence-electron chi connectivity index (χ1n) is 6.42. The second-order valence-corrected chi connectivity index (χ2v) is 4.09. The number of rotatable bonds is 7. The molecule has 20 heavy (non-hydrogen) atoms. The normalized spacial score (nSPS) is 9.45. The van der Waals surface area contributed by atoms with Crippen LogP contribution in [0.15, 0.2) is 30.3 Å². The summed E-state index contributed by atoms with van der Waals surface area (Å²) >= 11 is 0. The van der Waals surface area contributed by atoms with Gasteiger partial charge in [0.2, 0.25) is 5.78 Å². The van der Waals surface area contributed by atoms with Gasteiger partial charge in [-0.15, -0.1) is 0 Å². The summed E-state index contributed by atoms with van der Waals surface area (Å²) in [6, 6.07) is 9.84. The van der Waals surface area contributed by atoms with E-state index < -0.39 is 5.97 Å². The van der Waals surface area contributed by atoms with Crippen molar-refractivity contribution >= 4 is 11.8 Å². The van der Waals surface area contributed by atoms with Gasteiger partial charge in [-0.1, -0.05) is 36.3 Å². The Balaban J connectivity index is 2.10. The van der Waals surface area contributed by atoms with Crippen molar-refractivity contribution in [2.24, 2.45) is 0 Å². The average Bonchev–Trinajstić information content (AvgIpc) is 2.49. The third kappa shape index (κ3) is 7.34. The van der Waals surface area contributed by atoms with Crippen molar-refractivity contribution in [2.75, 3.05) is 13.7 Å². The summed E-state index contributed by atoms with van der Waals surface area (Å²) in [4.78, 5) is 22.1. The van der Waals surface area contributed by atoms with Crippen molar-refractivity contribution in [1.29, 1.82) is 0 Å². The molecule has 1 aromatic carbocycles. The zero-order valence-corrected chi connectivity index (χ0v) is 11.6. The highest BCUT2D eigenvalue weighted by molar-refractivity contribution is 5.96. The van der Waals surface area contributed by atoms with Crippen LogP contribution in [0, 0.1) is 11.8 Å². The summed E-state index contributed by atoms with van der Waals surface area (Å²) in [6.07, 6.45) is 0.676. The minimum atomic E-state index is -0.397. The van der Waals surface area contributed by atoms with Crippen LogP contribution in [0.2, 0.25) is 0 Å². The van der Waals surface area contributed by atoms with Crippen molar-refractivity contribution in [2.45, 2.75) is 25.9 Å². The van der Waals surface area contributed by atoms with Gasteiger partial charge >= 0.3 is 5.97 Å². The van der Waals surface area contributed by atoms with E-state index in [1.807, 2.05) is 30.3 Å². The molecular formula is C16H18O4. The van der Waals surface area contributed by atoms with Crippen molar-refractivity contribution in [3.63, 3.8) is 0 Å². The lowest BCUT2D eigenvalue weighted by molar-refractivity contribution is -0.141. The Hall–Kier alpha value is -2.12. The number of benzene rings is 1. The Morgan fingerprint density at radius 3 is 2.60 bits per heavy atom. The van der Waals surface area contributed by atoms with Gasteiger partial charge in [0, 0.05) is 12.8 Å².